The average molecular weight is 488 g/mol. The van der Waals surface area contributed by atoms with Gasteiger partial charge in [-0.3, -0.25) is 5.32 Å². The number of carbonyl (C=O) groups is 3. The fourth-order valence-electron chi connectivity index (χ4n) is 3.31. The number of benzene rings is 3. The van der Waals surface area contributed by atoms with E-state index in [1.807, 2.05) is 24.3 Å². The van der Waals surface area contributed by atoms with Gasteiger partial charge >= 0.3 is 18.0 Å². The van der Waals surface area contributed by atoms with Gasteiger partial charge in [0.1, 0.15) is 6.10 Å². The minimum absolute atomic E-state index is 0.0381. The Balaban J connectivity index is 1.42. The molecule has 0 aliphatic rings. The number of carboxylic acids is 1. The first-order chi connectivity index (χ1) is 17.4. The van der Waals surface area contributed by atoms with Crippen molar-refractivity contribution < 1.29 is 33.8 Å². The molecule has 3 aromatic carbocycles. The van der Waals surface area contributed by atoms with E-state index in [4.69, 9.17) is 14.6 Å². The number of ether oxygens (including phenoxy) is 2. The summed E-state index contributed by atoms with van der Waals surface area (Å²) in [5.41, 5.74) is 3.00. The highest BCUT2D eigenvalue weighted by molar-refractivity contribution is 6.02. The number of nitrogens with zero attached hydrogens (tertiary/aromatic N) is 1. The SMILES string of the molecule is CC(CCOC(=O)c1ccccc1C(=O)O)OC(=O)Nc1ccc(Cc2ccc(N=C=O)cc2)cc1. The second-order valence-corrected chi connectivity index (χ2v) is 7.86. The molecule has 0 saturated carbocycles. The summed E-state index contributed by atoms with van der Waals surface area (Å²) in [6, 6.07) is 20.3. The van der Waals surface area contributed by atoms with E-state index < -0.39 is 24.1 Å². The van der Waals surface area contributed by atoms with Crippen LogP contribution in [0.25, 0.3) is 0 Å². The number of esters is 1. The summed E-state index contributed by atoms with van der Waals surface area (Å²) in [5.74, 6) is -1.97. The minimum atomic E-state index is -1.22. The van der Waals surface area contributed by atoms with E-state index in [1.54, 1.807) is 37.3 Å². The predicted octanol–water partition coefficient (Wildman–Crippen LogP) is 5.13. The van der Waals surface area contributed by atoms with E-state index in [-0.39, 0.29) is 24.2 Å². The number of aromatic carboxylic acids is 1. The Labute approximate surface area is 207 Å². The molecular formula is C27H24N2O7. The molecule has 0 radical (unpaired) electrons. The molecule has 9 nitrogen and oxygen atoms in total. The third-order valence-corrected chi connectivity index (χ3v) is 5.16. The van der Waals surface area contributed by atoms with Crippen LogP contribution < -0.4 is 5.32 Å². The van der Waals surface area contributed by atoms with Gasteiger partial charge in [-0.25, -0.2) is 19.2 Å². The van der Waals surface area contributed by atoms with Crippen molar-refractivity contribution in [1.82, 2.24) is 0 Å². The number of amides is 1. The fraction of sp³-hybridized carbons (Fsp3) is 0.185. The van der Waals surface area contributed by atoms with Crippen molar-refractivity contribution >= 4 is 35.5 Å². The van der Waals surface area contributed by atoms with Crippen LogP contribution >= 0.6 is 0 Å². The van der Waals surface area contributed by atoms with Crippen molar-refractivity contribution in [3.63, 3.8) is 0 Å². The van der Waals surface area contributed by atoms with Crippen LogP contribution in [0.1, 0.15) is 45.2 Å². The molecule has 0 saturated heterocycles. The zero-order valence-corrected chi connectivity index (χ0v) is 19.5. The normalized spacial score (nSPS) is 11.0. The smallest absolute Gasteiger partial charge is 0.411 e. The summed E-state index contributed by atoms with van der Waals surface area (Å²) in [4.78, 5) is 49.4. The molecular weight excluding hydrogens is 464 g/mol. The third kappa shape index (κ3) is 7.65. The summed E-state index contributed by atoms with van der Waals surface area (Å²) in [6.07, 6.45) is 1.22. The predicted molar refractivity (Wildman–Crippen MR) is 131 cm³/mol. The van der Waals surface area contributed by atoms with Crippen molar-refractivity contribution in [1.29, 1.82) is 0 Å². The van der Waals surface area contributed by atoms with Crippen LogP contribution in [0, 0.1) is 0 Å². The molecule has 0 aliphatic heterocycles. The molecule has 0 aromatic heterocycles. The second kappa shape index (κ2) is 12.6. The molecule has 3 aromatic rings. The summed E-state index contributed by atoms with van der Waals surface area (Å²) >= 11 is 0. The zero-order valence-electron chi connectivity index (χ0n) is 19.5. The Morgan fingerprint density at radius 3 is 2.17 bits per heavy atom. The molecule has 3 rings (SSSR count). The molecule has 1 unspecified atom stereocenters. The number of nitrogens with one attached hydrogen (secondary N) is 1. The maximum Gasteiger partial charge on any atom is 0.411 e. The summed E-state index contributed by atoms with van der Waals surface area (Å²) < 4.78 is 10.4. The first-order valence-corrected chi connectivity index (χ1v) is 11.1. The third-order valence-electron chi connectivity index (χ3n) is 5.16. The van der Waals surface area contributed by atoms with E-state index in [2.05, 4.69) is 10.3 Å². The van der Waals surface area contributed by atoms with Gasteiger partial charge < -0.3 is 14.6 Å². The van der Waals surface area contributed by atoms with Crippen LogP contribution in [0.15, 0.2) is 77.8 Å². The van der Waals surface area contributed by atoms with Gasteiger partial charge in [0.15, 0.2) is 0 Å². The molecule has 36 heavy (non-hydrogen) atoms. The molecule has 9 heteroatoms. The van der Waals surface area contributed by atoms with E-state index in [0.29, 0.717) is 17.8 Å². The van der Waals surface area contributed by atoms with E-state index >= 15 is 0 Å². The lowest BCUT2D eigenvalue weighted by Gasteiger charge is -2.14. The van der Waals surface area contributed by atoms with Crippen LogP contribution in [0.4, 0.5) is 16.2 Å². The van der Waals surface area contributed by atoms with Gasteiger partial charge in [0.25, 0.3) is 0 Å². The highest BCUT2D eigenvalue weighted by Gasteiger charge is 2.18. The standard InChI is InChI=1S/C27H24N2O7/c1-18(14-15-35-26(33)24-5-3-2-4-23(24)25(31)32)36-27(34)29-22-12-8-20(9-13-22)16-19-6-10-21(11-7-19)28-17-30/h2-13,18H,14-16H2,1H3,(H,29,34)(H,31,32). The molecule has 0 aliphatic carbocycles. The maximum absolute atomic E-state index is 12.2. The van der Waals surface area contributed by atoms with E-state index in [9.17, 15) is 19.2 Å². The van der Waals surface area contributed by atoms with Crippen LogP contribution in [-0.4, -0.2) is 41.9 Å². The minimum Gasteiger partial charge on any atom is -0.478 e. The number of hydrogen-bond donors (Lipinski definition) is 2. The van der Waals surface area contributed by atoms with E-state index in [0.717, 1.165) is 11.1 Å². The fourth-order valence-corrected chi connectivity index (χ4v) is 3.31. The van der Waals surface area contributed by atoms with Gasteiger partial charge in [0.2, 0.25) is 6.08 Å². The molecule has 1 atom stereocenters. The van der Waals surface area contributed by atoms with Gasteiger partial charge in [-0.15, -0.1) is 0 Å². The van der Waals surface area contributed by atoms with E-state index in [1.165, 1.54) is 24.3 Å². The Morgan fingerprint density at radius 1 is 0.944 bits per heavy atom. The van der Waals surface area contributed by atoms with Gasteiger partial charge in [-0.2, -0.15) is 4.99 Å². The summed E-state index contributed by atoms with van der Waals surface area (Å²) in [7, 11) is 0. The molecule has 2 N–H and O–H groups in total. The molecule has 0 fully saturated rings. The Kier molecular flexibility index (Phi) is 9.08. The first-order valence-electron chi connectivity index (χ1n) is 11.1. The van der Waals surface area contributed by atoms with Crippen molar-refractivity contribution in [2.45, 2.75) is 25.9 Å². The molecule has 0 spiro atoms. The highest BCUT2D eigenvalue weighted by atomic mass is 16.6. The van der Waals surface area contributed by atoms with Crippen LogP contribution in [0.2, 0.25) is 0 Å². The maximum atomic E-state index is 12.2. The molecule has 0 bridgehead atoms. The lowest BCUT2D eigenvalue weighted by atomic mass is 10.0. The van der Waals surface area contributed by atoms with Gasteiger partial charge in [0, 0.05) is 12.1 Å². The van der Waals surface area contributed by atoms with Crippen LogP contribution in [0.3, 0.4) is 0 Å². The largest absolute Gasteiger partial charge is 0.478 e. The zero-order chi connectivity index (χ0) is 25.9. The Hall–Kier alpha value is -4.75. The average Bonchev–Trinajstić information content (AvgIpc) is 2.86. The van der Waals surface area contributed by atoms with Crippen molar-refractivity contribution in [2.24, 2.45) is 4.99 Å². The number of aliphatic imine (C=N–C) groups is 1. The highest BCUT2D eigenvalue weighted by Crippen LogP contribution is 2.17. The van der Waals surface area contributed by atoms with Crippen molar-refractivity contribution in [3.05, 3.63) is 95.1 Å². The lowest BCUT2D eigenvalue weighted by Crippen LogP contribution is -2.22. The Bertz CT molecular complexity index is 1260. The number of carbonyl (C=O) groups excluding carboxylic acids is 3. The quantitative estimate of drug-likeness (QED) is 0.230. The van der Waals surface area contributed by atoms with Crippen LogP contribution in [0.5, 0.6) is 0 Å². The lowest BCUT2D eigenvalue weighted by molar-refractivity contribution is 0.0419. The molecule has 1 amide bonds. The number of isocyanates is 1. The summed E-state index contributed by atoms with van der Waals surface area (Å²) in [6.45, 7) is 1.62. The second-order valence-electron chi connectivity index (χ2n) is 7.86. The topological polar surface area (TPSA) is 131 Å². The van der Waals surface area contributed by atoms with Crippen molar-refractivity contribution in [3.8, 4) is 0 Å². The van der Waals surface area contributed by atoms with Crippen molar-refractivity contribution in [2.75, 3.05) is 11.9 Å². The Morgan fingerprint density at radius 2 is 1.56 bits per heavy atom. The van der Waals surface area contributed by atoms with Gasteiger partial charge in [0.05, 0.1) is 23.4 Å². The van der Waals surface area contributed by atoms with Gasteiger partial charge in [-0.05, 0) is 60.9 Å². The monoisotopic (exact) mass is 488 g/mol. The first kappa shape index (κ1) is 25.9. The number of rotatable bonds is 10. The number of anilines is 1. The van der Waals surface area contributed by atoms with Gasteiger partial charge in [-0.1, -0.05) is 36.4 Å². The number of carboxylic acid groups (broad SMARTS) is 1. The molecule has 0 heterocycles. The molecule has 184 valence electrons. The van der Waals surface area contributed by atoms with Crippen LogP contribution in [-0.2, 0) is 20.7 Å². The number of hydrogen-bond acceptors (Lipinski definition) is 7. The summed E-state index contributed by atoms with van der Waals surface area (Å²) in [5, 5.41) is 11.8.